The van der Waals surface area contributed by atoms with Gasteiger partial charge in [0.05, 0.1) is 0 Å². The number of rotatable bonds is 5. The number of halogens is 3. The maximum atomic E-state index is 12.4. The van der Waals surface area contributed by atoms with E-state index in [1.165, 1.54) is 23.1 Å². The predicted octanol–water partition coefficient (Wildman–Crippen LogP) is 3.23. The Bertz CT molecular complexity index is 228. The molecule has 0 spiro atoms. The Morgan fingerprint density at radius 1 is 1.46 bits per heavy atom. The Hall–Kier alpha value is -0.230. The van der Waals surface area contributed by atoms with Crippen molar-refractivity contribution < 1.29 is 13.2 Å². The number of thiazole rings is 1. The quantitative estimate of drug-likeness (QED) is 0.716. The monoisotopic (exact) mass is 227 g/mol. The first-order valence-corrected chi connectivity index (χ1v) is 5.51. The summed E-state index contributed by atoms with van der Waals surface area (Å²) >= 11 is 2.73. The van der Waals surface area contributed by atoms with Crippen LogP contribution in [0, 0.1) is 0 Å². The molecular weight excluding hydrogens is 219 g/mol. The van der Waals surface area contributed by atoms with E-state index in [9.17, 15) is 13.2 Å². The topological polar surface area (TPSA) is 12.9 Å². The van der Waals surface area contributed by atoms with Crippen molar-refractivity contribution in [3.63, 3.8) is 0 Å². The van der Waals surface area contributed by atoms with Crippen molar-refractivity contribution in [3.8, 4) is 0 Å². The van der Waals surface area contributed by atoms with Crippen LogP contribution in [0.15, 0.2) is 15.9 Å². The average molecular weight is 227 g/mol. The molecule has 1 heterocycles. The maximum Gasteiger partial charge on any atom is 0.269 e. The van der Waals surface area contributed by atoms with E-state index >= 15 is 0 Å². The van der Waals surface area contributed by atoms with Gasteiger partial charge in [0.2, 0.25) is 0 Å². The normalized spacial score (nSPS) is 13.5. The summed E-state index contributed by atoms with van der Waals surface area (Å²) < 4.78 is 36.6. The van der Waals surface area contributed by atoms with Gasteiger partial charge in [-0.15, -0.1) is 11.3 Å². The highest BCUT2D eigenvalue weighted by Crippen LogP contribution is 2.22. The number of aromatic nitrogens is 1. The zero-order valence-electron chi connectivity index (χ0n) is 6.62. The summed E-state index contributed by atoms with van der Waals surface area (Å²) in [7, 11) is 0. The number of alkyl halides is 3. The van der Waals surface area contributed by atoms with Crippen LogP contribution in [0.5, 0.6) is 0 Å². The highest BCUT2D eigenvalue weighted by molar-refractivity contribution is 8.00. The van der Waals surface area contributed by atoms with Gasteiger partial charge in [0.1, 0.15) is 4.34 Å². The fourth-order valence-electron chi connectivity index (χ4n) is 0.666. The summed E-state index contributed by atoms with van der Waals surface area (Å²) in [5.41, 5.74) is 0. The third kappa shape index (κ3) is 3.99. The van der Waals surface area contributed by atoms with Crippen LogP contribution < -0.4 is 0 Å². The minimum absolute atomic E-state index is 0.123. The molecule has 0 aliphatic carbocycles. The van der Waals surface area contributed by atoms with Gasteiger partial charge in [0.25, 0.3) is 6.43 Å². The molecule has 1 atom stereocenters. The summed E-state index contributed by atoms with van der Waals surface area (Å²) in [6.07, 6.45) is -3.36. The molecule has 74 valence electrons. The van der Waals surface area contributed by atoms with Gasteiger partial charge in [-0.05, 0) is 6.42 Å². The van der Waals surface area contributed by atoms with Crippen molar-refractivity contribution >= 4 is 23.1 Å². The van der Waals surface area contributed by atoms with Gasteiger partial charge in [-0.25, -0.2) is 18.2 Å². The standard InChI is InChI=1S/C7H8F3NS2/c8-5(6(9)10)1-3-12-7-11-2-4-13-7/h2,4-6H,1,3H2. The van der Waals surface area contributed by atoms with Gasteiger partial charge < -0.3 is 0 Å². The van der Waals surface area contributed by atoms with Crippen LogP contribution in [0.1, 0.15) is 6.42 Å². The van der Waals surface area contributed by atoms with Crippen LogP contribution in [0.2, 0.25) is 0 Å². The molecule has 0 saturated heterocycles. The summed E-state index contributed by atoms with van der Waals surface area (Å²) in [4.78, 5) is 3.93. The first kappa shape index (κ1) is 10.8. The molecule has 0 aliphatic heterocycles. The zero-order valence-corrected chi connectivity index (χ0v) is 8.25. The van der Waals surface area contributed by atoms with E-state index in [2.05, 4.69) is 4.98 Å². The molecule has 0 aromatic carbocycles. The third-order valence-corrected chi connectivity index (χ3v) is 3.30. The average Bonchev–Trinajstić information content (AvgIpc) is 2.56. The Morgan fingerprint density at radius 3 is 2.77 bits per heavy atom. The van der Waals surface area contributed by atoms with Crippen LogP contribution in [0.25, 0.3) is 0 Å². The summed E-state index contributed by atoms with van der Waals surface area (Å²) in [5.74, 6) is 0.346. The lowest BCUT2D eigenvalue weighted by Crippen LogP contribution is -2.12. The Kier molecular flexibility index (Phi) is 4.58. The van der Waals surface area contributed by atoms with Gasteiger partial charge in [0, 0.05) is 17.3 Å². The van der Waals surface area contributed by atoms with Crippen LogP contribution in [0.3, 0.4) is 0 Å². The van der Waals surface area contributed by atoms with E-state index in [4.69, 9.17) is 0 Å². The molecule has 0 amide bonds. The molecule has 1 aromatic heterocycles. The van der Waals surface area contributed by atoms with E-state index in [-0.39, 0.29) is 6.42 Å². The lowest BCUT2D eigenvalue weighted by molar-refractivity contribution is 0.0488. The number of thioether (sulfide) groups is 1. The second-order valence-electron chi connectivity index (χ2n) is 2.29. The van der Waals surface area contributed by atoms with Crippen LogP contribution in [-0.2, 0) is 0 Å². The number of hydrogen-bond donors (Lipinski definition) is 0. The Balaban J connectivity index is 2.14. The summed E-state index contributed by atoms with van der Waals surface area (Å²) in [6, 6.07) is 0. The molecule has 0 aliphatic rings. The van der Waals surface area contributed by atoms with Crippen LogP contribution in [0.4, 0.5) is 13.2 Å². The first-order chi connectivity index (χ1) is 6.20. The molecule has 1 aromatic rings. The molecule has 0 bridgehead atoms. The van der Waals surface area contributed by atoms with Crippen molar-refractivity contribution in [2.75, 3.05) is 5.75 Å². The van der Waals surface area contributed by atoms with E-state index in [0.29, 0.717) is 5.75 Å². The van der Waals surface area contributed by atoms with Gasteiger partial charge in [-0.3, -0.25) is 0 Å². The minimum Gasteiger partial charge on any atom is -0.241 e. The summed E-state index contributed by atoms with van der Waals surface area (Å²) in [6.45, 7) is 0. The molecule has 0 fully saturated rings. The van der Waals surface area contributed by atoms with E-state index in [0.717, 1.165) is 4.34 Å². The van der Waals surface area contributed by atoms with Crippen LogP contribution >= 0.6 is 23.1 Å². The maximum absolute atomic E-state index is 12.4. The van der Waals surface area contributed by atoms with E-state index < -0.39 is 12.6 Å². The summed E-state index contributed by atoms with van der Waals surface area (Å²) in [5, 5.41) is 1.79. The van der Waals surface area contributed by atoms with Gasteiger partial charge >= 0.3 is 0 Å². The Morgan fingerprint density at radius 2 is 2.23 bits per heavy atom. The van der Waals surface area contributed by atoms with Crippen molar-refractivity contribution in [3.05, 3.63) is 11.6 Å². The fraction of sp³-hybridized carbons (Fsp3) is 0.571. The lowest BCUT2D eigenvalue weighted by Gasteiger charge is -2.04. The molecule has 1 unspecified atom stereocenters. The van der Waals surface area contributed by atoms with E-state index in [1.807, 2.05) is 0 Å². The zero-order chi connectivity index (χ0) is 9.68. The van der Waals surface area contributed by atoms with Gasteiger partial charge in [-0.1, -0.05) is 11.8 Å². The van der Waals surface area contributed by atoms with Crippen molar-refractivity contribution in [2.24, 2.45) is 0 Å². The van der Waals surface area contributed by atoms with E-state index in [1.54, 1.807) is 11.6 Å². The highest BCUT2D eigenvalue weighted by atomic mass is 32.2. The highest BCUT2D eigenvalue weighted by Gasteiger charge is 2.18. The smallest absolute Gasteiger partial charge is 0.241 e. The molecule has 6 heteroatoms. The number of hydrogen-bond acceptors (Lipinski definition) is 3. The minimum atomic E-state index is -2.86. The second kappa shape index (κ2) is 5.49. The van der Waals surface area contributed by atoms with Gasteiger partial charge in [0.15, 0.2) is 6.17 Å². The largest absolute Gasteiger partial charge is 0.269 e. The molecular formula is C7H8F3NS2. The van der Waals surface area contributed by atoms with Crippen LogP contribution in [-0.4, -0.2) is 23.3 Å². The number of nitrogens with zero attached hydrogens (tertiary/aromatic N) is 1. The second-order valence-corrected chi connectivity index (χ2v) is 4.52. The van der Waals surface area contributed by atoms with Gasteiger partial charge in [-0.2, -0.15) is 0 Å². The molecule has 0 N–H and O–H groups in total. The molecule has 0 radical (unpaired) electrons. The predicted molar refractivity (Wildman–Crippen MR) is 48.4 cm³/mol. The molecule has 13 heavy (non-hydrogen) atoms. The third-order valence-electron chi connectivity index (χ3n) is 1.30. The lowest BCUT2D eigenvalue weighted by atomic mass is 10.3. The van der Waals surface area contributed by atoms with Crippen molar-refractivity contribution in [1.29, 1.82) is 0 Å². The molecule has 1 rings (SSSR count). The Labute approximate surface area is 82.4 Å². The SMILES string of the molecule is FC(F)C(F)CCSc1nccs1. The fourth-order valence-corrected chi connectivity index (χ4v) is 2.37. The first-order valence-electron chi connectivity index (χ1n) is 3.64. The van der Waals surface area contributed by atoms with Crippen molar-refractivity contribution in [2.45, 2.75) is 23.4 Å². The van der Waals surface area contributed by atoms with Crippen molar-refractivity contribution in [1.82, 2.24) is 4.98 Å². The molecule has 1 nitrogen and oxygen atoms in total. The molecule has 0 saturated carbocycles.